The van der Waals surface area contributed by atoms with Crippen LogP contribution in [-0.2, 0) is 9.53 Å². The SMILES string of the molecule is COCC1(CNC(=O)c2ccc3c(c2)NC(=O)CCS3)CCNCC1. The third-order valence-corrected chi connectivity index (χ3v) is 5.92. The number of carbonyl (C=O) groups is 2. The van der Waals surface area contributed by atoms with E-state index in [1.54, 1.807) is 24.9 Å². The molecule has 1 aromatic carbocycles. The molecule has 136 valence electrons. The third kappa shape index (κ3) is 4.54. The predicted octanol–water partition coefficient (Wildman–Crippen LogP) is 1.87. The summed E-state index contributed by atoms with van der Waals surface area (Å²) in [7, 11) is 1.71. The lowest BCUT2D eigenvalue weighted by Crippen LogP contribution is -2.47. The van der Waals surface area contributed by atoms with E-state index in [1.165, 1.54) is 0 Å². The second-order valence-corrected chi connectivity index (χ2v) is 7.86. The highest BCUT2D eigenvalue weighted by Crippen LogP contribution is 2.32. The van der Waals surface area contributed by atoms with Crippen molar-refractivity contribution in [3.63, 3.8) is 0 Å². The van der Waals surface area contributed by atoms with E-state index >= 15 is 0 Å². The molecule has 0 aliphatic carbocycles. The second-order valence-electron chi connectivity index (χ2n) is 6.72. The van der Waals surface area contributed by atoms with Gasteiger partial charge >= 0.3 is 0 Å². The minimum atomic E-state index is -0.111. The molecule has 6 nitrogen and oxygen atoms in total. The molecule has 1 saturated heterocycles. The van der Waals surface area contributed by atoms with Crippen molar-refractivity contribution < 1.29 is 14.3 Å². The van der Waals surface area contributed by atoms with Crippen LogP contribution in [0.2, 0.25) is 0 Å². The van der Waals surface area contributed by atoms with Gasteiger partial charge in [-0.2, -0.15) is 0 Å². The Morgan fingerprint density at radius 1 is 1.36 bits per heavy atom. The number of fused-ring (bicyclic) bond motifs is 1. The molecule has 3 N–H and O–H groups in total. The van der Waals surface area contributed by atoms with Gasteiger partial charge in [0.25, 0.3) is 5.91 Å². The number of ether oxygens (including phenoxy) is 1. The van der Waals surface area contributed by atoms with Gasteiger partial charge in [0.1, 0.15) is 0 Å². The van der Waals surface area contributed by atoms with Crippen molar-refractivity contribution in [2.24, 2.45) is 5.41 Å². The summed E-state index contributed by atoms with van der Waals surface area (Å²) in [5.74, 6) is 0.649. The molecule has 2 heterocycles. The third-order valence-electron chi connectivity index (χ3n) is 4.84. The highest BCUT2D eigenvalue weighted by molar-refractivity contribution is 7.99. The molecule has 0 unspecified atom stereocenters. The van der Waals surface area contributed by atoms with E-state index < -0.39 is 0 Å². The summed E-state index contributed by atoms with van der Waals surface area (Å²) >= 11 is 1.64. The summed E-state index contributed by atoms with van der Waals surface area (Å²) in [5.41, 5.74) is 1.29. The first-order valence-corrected chi connectivity index (χ1v) is 9.65. The van der Waals surface area contributed by atoms with E-state index in [4.69, 9.17) is 4.74 Å². The van der Waals surface area contributed by atoms with Gasteiger partial charge in [-0.1, -0.05) is 0 Å². The molecule has 0 aromatic heterocycles. The molecule has 1 aromatic rings. The molecule has 25 heavy (non-hydrogen) atoms. The molecule has 2 aliphatic heterocycles. The smallest absolute Gasteiger partial charge is 0.251 e. The number of nitrogens with one attached hydrogen (secondary N) is 3. The maximum atomic E-state index is 12.6. The maximum absolute atomic E-state index is 12.6. The van der Waals surface area contributed by atoms with Gasteiger partial charge in [0.2, 0.25) is 5.91 Å². The molecular formula is C18H25N3O3S. The topological polar surface area (TPSA) is 79.5 Å². The van der Waals surface area contributed by atoms with Gasteiger partial charge in [-0.05, 0) is 44.1 Å². The van der Waals surface area contributed by atoms with Crippen molar-refractivity contribution in [1.82, 2.24) is 10.6 Å². The molecule has 7 heteroatoms. The number of hydrogen-bond acceptors (Lipinski definition) is 5. The Bertz CT molecular complexity index is 639. The number of thioether (sulfide) groups is 1. The van der Waals surface area contributed by atoms with Gasteiger partial charge in [0.15, 0.2) is 0 Å². The van der Waals surface area contributed by atoms with Gasteiger partial charge in [0, 0.05) is 41.7 Å². The number of benzene rings is 1. The Kier molecular flexibility index (Phi) is 5.98. The van der Waals surface area contributed by atoms with Gasteiger partial charge in [-0.3, -0.25) is 9.59 Å². The minimum Gasteiger partial charge on any atom is -0.384 e. The Balaban J connectivity index is 1.67. The van der Waals surface area contributed by atoms with E-state index in [2.05, 4.69) is 16.0 Å². The van der Waals surface area contributed by atoms with Crippen LogP contribution in [0.4, 0.5) is 5.69 Å². The molecule has 0 atom stereocenters. The number of amides is 2. The quantitative estimate of drug-likeness (QED) is 0.744. The Hall–Kier alpha value is -1.57. The molecule has 2 amide bonds. The largest absolute Gasteiger partial charge is 0.384 e. The number of anilines is 1. The molecule has 0 bridgehead atoms. The average molecular weight is 363 g/mol. The zero-order chi connectivity index (χ0) is 17.7. The van der Waals surface area contributed by atoms with Crippen LogP contribution >= 0.6 is 11.8 Å². The van der Waals surface area contributed by atoms with Crippen LogP contribution in [0.5, 0.6) is 0 Å². The van der Waals surface area contributed by atoms with E-state index in [0.29, 0.717) is 25.1 Å². The molecule has 3 rings (SSSR count). The van der Waals surface area contributed by atoms with Crippen LogP contribution in [-0.4, -0.2) is 50.9 Å². The zero-order valence-corrected chi connectivity index (χ0v) is 15.3. The van der Waals surface area contributed by atoms with Gasteiger partial charge < -0.3 is 20.7 Å². The zero-order valence-electron chi connectivity index (χ0n) is 14.5. The lowest BCUT2D eigenvalue weighted by molar-refractivity contribution is -0.115. The minimum absolute atomic E-state index is 0.00226. The lowest BCUT2D eigenvalue weighted by Gasteiger charge is -2.37. The molecule has 0 radical (unpaired) electrons. The summed E-state index contributed by atoms with van der Waals surface area (Å²) in [6, 6.07) is 5.51. The van der Waals surface area contributed by atoms with Crippen LogP contribution in [0.25, 0.3) is 0 Å². The van der Waals surface area contributed by atoms with Crippen molar-refractivity contribution in [3.8, 4) is 0 Å². The predicted molar refractivity (Wildman–Crippen MR) is 99.2 cm³/mol. The van der Waals surface area contributed by atoms with Crippen molar-refractivity contribution >= 4 is 29.3 Å². The molecule has 0 spiro atoms. The van der Waals surface area contributed by atoms with Gasteiger partial charge in [-0.25, -0.2) is 0 Å². The maximum Gasteiger partial charge on any atom is 0.251 e. The monoisotopic (exact) mass is 363 g/mol. The van der Waals surface area contributed by atoms with Crippen molar-refractivity contribution in [3.05, 3.63) is 23.8 Å². The van der Waals surface area contributed by atoms with Crippen LogP contribution in [0.3, 0.4) is 0 Å². The van der Waals surface area contributed by atoms with Crippen molar-refractivity contribution in [2.75, 3.05) is 44.4 Å². The normalized spacial score (nSPS) is 19.5. The molecule has 2 aliphatic rings. The van der Waals surface area contributed by atoms with Gasteiger partial charge in [-0.15, -0.1) is 11.8 Å². The van der Waals surface area contributed by atoms with Crippen LogP contribution < -0.4 is 16.0 Å². The van der Waals surface area contributed by atoms with E-state index in [-0.39, 0.29) is 17.2 Å². The van der Waals surface area contributed by atoms with E-state index in [0.717, 1.165) is 42.3 Å². The highest BCUT2D eigenvalue weighted by Gasteiger charge is 2.32. The summed E-state index contributed by atoms with van der Waals surface area (Å²) in [6.07, 6.45) is 2.46. The summed E-state index contributed by atoms with van der Waals surface area (Å²) in [6.45, 7) is 3.13. The van der Waals surface area contributed by atoms with Crippen LogP contribution in [0, 0.1) is 5.41 Å². The highest BCUT2D eigenvalue weighted by atomic mass is 32.2. The Morgan fingerprint density at radius 2 is 2.16 bits per heavy atom. The summed E-state index contributed by atoms with van der Waals surface area (Å²) < 4.78 is 5.39. The standard InChI is InChI=1S/C18H25N3O3S/c1-24-12-18(5-7-19-8-6-18)11-20-17(23)13-2-3-15-14(10-13)21-16(22)4-9-25-15/h2-3,10,19H,4-9,11-12H2,1H3,(H,20,23)(H,21,22). The average Bonchev–Trinajstić information content (AvgIpc) is 2.80. The fourth-order valence-corrected chi connectivity index (χ4v) is 4.30. The van der Waals surface area contributed by atoms with E-state index in [1.807, 2.05) is 12.1 Å². The van der Waals surface area contributed by atoms with E-state index in [9.17, 15) is 9.59 Å². The molecular weight excluding hydrogens is 338 g/mol. The first-order chi connectivity index (χ1) is 12.1. The molecule has 0 saturated carbocycles. The number of methoxy groups -OCH3 is 1. The first kappa shape index (κ1) is 18.2. The van der Waals surface area contributed by atoms with Gasteiger partial charge in [0.05, 0.1) is 12.3 Å². The van der Waals surface area contributed by atoms with Crippen molar-refractivity contribution in [2.45, 2.75) is 24.2 Å². The number of piperidine rings is 1. The second kappa shape index (κ2) is 8.21. The summed E-state index contributed by atoms with van der Waals surface area (Å²) in [4.78, 5) is 25.3. The van der Waals surface area contributed by atoms with Crippen LogP contribution in [0.1, 0.15) is 29.6 Å². The number of hydrogen-bond donors (Lipinski definition) is 3. The Labute approximate surface area is 152 Å². The summed E-state index contributed by atoms with van der Waals surface area (Å²) in [5, 5.41) is 9.30. The fourth-order valence-electron chi connectivity index (χ4n) is 3.37. The van der Waals surface area contributed by atoms with Crippen molar-refractivity contribution in [1.29, 1.82) is 0 Å². The molecule has 1 fully saturated rings. The Morgan fingerprint density at radius 3 is 2.92 bits per heavy atom. The fraction of sp³-hybridized carbons (Fsp3) is 0.556. The van der Waals surface area contributed by atoms with Crippen LogP contribution in [0.15, 0.2) is 23.1 Å². The first-order valence-electron chi connectivity index (χ1n) is 8.66. The number of rotatable bonds is 5. The lowest BCUT2D eigenvalue weighted by atomic mass is 9.79. The number of carbonyl (C=O) groups excluding carboxylic acids is 2.